The number of carbonyl (C=O) groups excluding carboxylic acids is 1. The smallest absolute Gasteiger partial charge is 0.244 e. The van der Waals surface area contributed by atoms with E-state index in [1.54, 1.807) is 23.5 Å². The van der Waals surface area contributed by atoms with Gasteiger partial charge in [-0.05, 0) is 61.5 Å². The Morgan fingerprint density at radius 3 is 2.62 bits per heavy atom. The van der Waals surface area contributed by atoms with Crippen LogP contribution < -0.4 is 4.90 Å². The summed E-state index contributed by atoms with van der Waals surface area (Å²) >= 11 is 1.79. The van der Waals surface area contributed by atoms with Crippen molar-refractivity contribution < 1.29 is 4.79 Å². The van der Waals surface area contributed by atoms with Crippen molar-refractivity contribution >= 4 is 22.9 Å². The summed E-state index contributed by atoms with van der Waals surface area (Å²) in [4.78, 5) is 18.6. The highest BCUT2D eigenvalue weighted by molar-refractivity contribution is 7.10. The average molecular weight is 337 g/mol. The van der Waals surface area contributed by atoms with Crippen molar-refractivity contribution in [3.05, 3.63) is 52.2 Å². The molecule has 4 nitrogen and oxygen atoms in total. The number of amides is 1. The van der Waals surface area contributed by atoms with E-state index in [4.69, 9.17) is 5.26 Å². The Kier molecular flexibility index (Phi) is 4.09. The molecule has 24 heavy (non-hydrogen) atoms. The van der Waals surface area contributed by atoms with Gasteiger partial charge in [0, 0.05) is 23.2 Å². The summed E-state index contributed by atoms with van der Waals surface area (Å²) in [6.07, 6.45) is 3.17. The second kappa shape index (κ2) is 6.39. The third kappa shape index (κ3) is 2.62. The molecule has 2 fully saturated rings. The molecule has 0 bridgehead atoms. The lowest BCUT2D eigenvalue weighted by atomic mass is 10.1. The van der Waals surface area contributed by atoms with Crippen molar-refractivity contribution in [1.29, 1.82) is 5.26 Å². The van der Waals surface area contributed by atoms with Crippen molar-refractivity contribution in [2.45, 2.75) is 31.3 Å². The number of hydrogen-bond acceptors (Lipinski definition) is 4. The van der Waals surface area contributed by atoms with Crippen molar-refractivity contribution in [3.8, 4) is 6.07 Å². The summed E-state index contributed by atoms with van der Waals surface area (Å²) < 4.78 is 0. The number of anilines is 1. The van der Waals surface area contributed by atoms with E-state index >= 15 is 0 Å². The minimum absolute atomic E-state index is 0.0183. The first kappa shape index (κ1) is 15.4. The number of rotatable bonds is 3. The molecule has 0 saturated carbocycles. The largest absolute Gasteiger partial charge is 0.311 e. The van der Waals surface area contributed by atoms with Gasteiger partial charge < -0.3 is 4.90 Å². The van der Waals surface area contributed by atoms with Crippen molar-refractivity contribution in [2.75, 3.05) is 18.0 Å². The van der Waals surface area contributed by atoms with E-state index in [9.17, 15) is 4.79 Å². The maximum absolute atomic E-state index is 13.0. The molecular formula is C19H19N3OS. The molecule has 1 amide bonds. The van der Waals surface area contributed by atoms with E-state index in [1.807, 2.05) is 17.0 Å². The summed E-state index contributed by atoms with van der Waals surface area (Å²) in [7, 11) is 0. The topological polar surface area (TPSA) is 47.3 Å². The van der Waals surface area contributed by atoms with Crippen LogP contribution in [0.3, 0.4) is 0 Å². The average Bonchev–Trinajstić information content (AvgIpc) is 3.34. The fraction of sp³-hybridized carbons (Fsp3) is 0.368. The highest BCUT2D eigenvalue weighted by Gasteiger charge is 2.41. The highest BCUT2D eigenvalue weighted by atomic mass is 32.1. The van der Waals surface area contributed by atoms with E-state index < -0.39 is 0 Å². The minimum Gasteiger partial charge on any atom is -0.311 e. The van der Waals surface area contributed by atoms with Crippen LogP contribution in [-0.2, 0) is 4.79 Å². The second-order valence-electron chi connectivity index (χ2n) is 6.36. The Labute approximate surface area is 145 Å². The normalized spacial score (nSPS) is 24.5. The van der Waals surface area contributed by atoms with Gasteiger partial charge in [0.25, 0.3) is 0 Å². The van der Waals surface area contributed by atoms with Crippen LogP contribution in [0, 0.1) is 11.3 Å². The highest BCUT2D eigenvalue weighted by Crippen LogP contribution is 2.38. The molecule has 2 aromatic rings. The maximum Gasteiger partial charge on any atom is 0.244 e. The third-order valence-electron chi connectivity index (χ3n) is 5.05. The summed E-state index contributed by atoms with van der Waals surface area (Å²) in [6, 6.07) is 14.1. The first-order valence-corrected chi connectivity index (χ1v) is 9.26. The van der Waals surface area contributed by atoms with Crippen LogP contribution in [0.4, 0.5) is 5.69 Å². The Morgan fingerprint density at radius 2 is 1.92 bits per heavy atom. The van der Waals surface area contributed by atoms with Gasteiger partial charge in [0.2, 0.25) is 5.91 Å². The van der Waals surface area contributed by atoms with E-state index in [2.05, 4.69) is 28.5 Å². The number of hydrogen-bond donors (Lipinski definition) is 0. The van der Waals surface area contributed by atoms with Gasteiger partial charge >= 0.3 is 0 Å². The number of nitrogens with zero attached hydrogens (tertiary/aromatic N) is 3. The molecule has 0 N–H and O–H groups in total. The Balaban J connectivity index is 1.53. The first-order valence-electron chi connectivity index (χ1n) is 8.38. The molecule has 1 aromatic heterocycles. The van der Waals surface area contributed by atoms with Crippen molar-refractivity contribution in [2.24, 2.45) is 0 Å². The van der Waals surface area contributed by atoms with Crippen LogP contribution >= 0.6 is 11.3 Å². The van der Waals surface area contributed by atoms with Gasteiger partial charge in [-0.1, -0.05) is 6.07 Å². The molecular weight excluding hydrogens is 318 g/mol. The zero-order valence-corrected chi connectivity index (χ0v) is 14.2. The van der Waals surface area contributed by atoms with Gasteiger partial charge in [-0.25, -0.2) is 0 Å². The van der Waals surface area contributed by atoms with Gasteiger partial charge in [0.1, 0.15) is 0 Å². The molecule has 1 aromatic carbocycles. The van der Waals surface area contributed by atoms with Gasteiger partial charge in [-0.2, -0.15) is 5.26 Å². The molecule has 2 saturated heterocycles. The SMILES string of the molecule is N#Cc1ccc(N2CC[C@H](N3CCC[C@@H]3c3cccs3)C2=O)cc1. The summed E-state index contributed by atoms with van der Waals surface area (Å²) in [5.41, 5.74) is 1.52. The molecule has 0 aliphatic carbocycles. The Morgan fingerprint density at radius 1 is 1.08 bits per heavy atom. The monoisotopic (exact) mass is 337 g/mol. The number of thiophene rings is 1. The van der Waals surface area contributed by atoms with Crippen molar-refractivity contribution in [3.63, 3.8) is 0 Å². The number of carbonyl (C=O) groups is 1. The van der Waals surface area contributed by atoms with E-state index in [1.165, 1.54) is 4.88 Å². The van der Waals surface area contributed by atoms with E-state index in [0.717, 1.165) is 38.0 Å². The van der Waals surface area contributed by atoms with Gasteiger partial charge in [0.15, 0.2) is 0 Å². The molecule has 2 aliphatic rings. The second-order valence-corrected chi connectivity index (χ2v) is 7.34. The zero-order valence-electron chi connectivity index (χ0n) is 13.4. The minimum atomic E-state index is -0.0183. The quantitative estimate of drug-likeness (QED) is 0.860. The van der Waals surface area contributed by atoms with E-state index in [0.29, 0.717) is 11.6 Å². The van der Waals surface area contributed by atoms with Crippen LogP contribution in [-0.4, -0.2) is 29.9 Å². The summed E-state index contributed by atoms with van der Waals surface area (Å²) in [5.74, 6) is 0.197. The van der Waals surface area contributed by atoms with E-state index in [-0.39, 0.29) is 11.9 Å². The zero-order chi connectivity index (χ0) is 16.5. The molecule has 5 heteroatoms. The van der Waals surface area contributed by atoms with Gasteiger partial charge in [0.05, 0.1) is 17.7 Å². The fourth-order valence-electron chi connectivity index (χ4n) is 3.89. The summed E-state index contributed by atoms with van der Waals surface area (Å²) in [5, 5.41) is 11.0. The summed E-state index contributed by atoms with van der Waals surface area (Å²) in [6.45, 7) is 1.75. The first-order chi connectivity index (χ1) is 11.8. The molecule has 122 valence electrons. The van der Waals surface area contributed by atoms with Gasteiger partial charge in [-0.3, -0.25) is 9.69 Å². The molecule has 0 spiro atoms. The van der Waals surface area contributed by atoms with Gasteiger partial charge in [-0.15, -0.1) is 11.3 Å². The molecule has 2 atom stereocenters. The van der Waals surface area contributed by atoms with Crippen LogP contribution in [0.25, 0.3) is 0 Å². The predicted octanol–water partition coefficient (Wildman–Crippen LogP) is 3.56. The third-order valence-corrected chi connectivity index (χ3v) is 6.02. The number of nitriles is 1. The molecule has 0 unspecified atom stereocenters. The van der Waals surface area contributed by atoms with Crippen LogP contribution in [0.15, 0.2) is 41.8 Å². The molecule has 2 aliphatic heterocycles. The molecule has 4 rings (SSSR count). The number of likely N-dealkylation sites (tertiary alicyclic amines) is 1. The van der Waals surface area contributed by atoms with Crippen LogP contribution in [0.5, 0.6) is 0 Å². The lowest BCUT2D eigenvalue weighted by Gasteiger charge is -2.29. The molecule has 0 radical (unpaired) electrons. The Bertz CT molecular complexity index is 763. The lowest BCUT2D eigenvalue weighted by molar-refractivity contribution is -0.122. The van der Waals surface area contributed by atoms with Crippen LogP contribution in [0.1, 0.15) is 35.7 Å². The fourth-order valence-corrected chi connectivity index (χ4v) is 4.78. The van der Waals surface area contributed by atoms with Crippen LogP contribution in [0.2, 0.25) is 0 Å². The number of benzene rings is 1. The Hall–Kier alpha value is -2.16. The van der Waals surface area contributed by atoms with Crippen molar-refractivity contribution in [1.82, 2.24) is 4.90 Å². The lowest BCUT2D eigenvalue weighted by Crippen LogP contribution is -2.41. The predicted molar refractivity (Wildman–Crippen MR) is 94.9 cm³/mol. The maximum atomic E-state index is 13.0. The molecule has 3 heterocycles. The standard InChI is InChI=1S/C19H19N3OS/c20-13-14-5-7-15(8-6-14)21-11-9-17(19(21)23)22-10-1-3-16(22)18-4-2-12-24-18/h2,4-8,12,16-17H,1,3,9-11H2/t16-,17+/m1/s1.